The molecule has 35 heavy (non-hydrogen) atoms. The van der Waals surface area contributed by atoms with Gasteiger partial charge in [0.05, 0.1) is 5.52 Å². The maximum absolute atomic E-state index is 12.3. The molecule has 0 saturated heterocycles. The molecule has 0 aliphatic heterocycles. The van der Waals surface area contributed by atoms with Gasteiger partial charge >= 0.3 is 0 Å². The number of carbonyl (C=O) groups is 1. The summed E-state index contributed by atoms with van der Waals surface area (Å²) in [6, 6.07) is 14.7. The summed E-state index contributed by atoms with van der Waals surface area (Å²) >= 11 is 0. The number of amides is 1. The number of carbonyl (C=O) groups excluding carboxylic acids is 1. The van der Waals surface area contributed by atoms with E-state index in [-0.39, 0.29) is 11.5 Å². The normalized spacial score (nSPS) is 12.5. The van der Waals surface area contributed by atoms with Gasteiger partial charge in [-0.15, -0.1) is 0 Å². The number of aromatic nitrogens is 3. The molecular formula is C27H23N5O3. The highest BCUT2D eigenvalue weighted by atomic mass is 16.5. The number of pyridine rings is 1. The molecule has 1 fully saturated rings. The van der Waals surface area contributed by atoms with Gasteiger partial charge in [0, 0.05) is 35.1 Å². The Morgan fingerprint density at radius 3 is 2.66 bits per heavy atom. The first-order chi connectivity index (χ1) is 17.0. The molecule has 1 saturated carbocycles. The predicted molar refractivity (Wildman–Crippen MR) is 135 cm³/mol. The van der Waals surface area contributed by atoms with Gasteiger partial charge in [-0.2, -0.15) is 0 Å². The monoisotopic (exact) mass is 465 g/mol. The number of fused-ring (bicyclic) bond motifs is 1. The van der Waals surface area contributed by atoms with Crippen LogP contribution in [-0.2, 0) is 4.79 Å². The van der Waals surface area contributed by atoms with E-state index in [4.69, 9.17) is 4.74 Å². The Bertz CT molecular complexity index is 1560. The number of benzene rings is 2. The van der Waals surface area contributed by atoms with Gasteiger partial charge in [0.1, 0.15) is 23.6 Å². The van der Waals surface area contributed by atoms with Gasteiger partial charge in [0.2, 0.25) is 0 Å². The maximum Gasteiger partial charge on any atom is 0.300 e. The van der Waals surface area contributed by atoms with Crippen LogP contribution in [0.1, 0.15) is 31.4 Å². The molecule has 8 heteroatoms. The van der Waals surface area contributed by atoms with Crippen LogP contribution in [0.3, 0.4) is 0 Å². The second-order valence-electron chi connectivity index (χ2n) is 8.33. The lowest BCUT2D eigenvalue weighted by Gasteiger charge is -2.13. The topological polar surface area (TPSA) is 98.1 Å². The van der Waals surface area contributed by atoms with Crippen molar-refractivity contribution in [1.29, 1.82) is 0 Å². The molecule has 8 nitrogen and oxygen atoms in total. The molecule has 0 radical (unpaired) electrons. The molecule has 2 N–H and O–H groups in total. The molecule has 1 amide bonds. The fourth-order valence-corrected chi connectivity index (χ4v) is 3.80. The van der Waals surface area contributed by atoms with Crippen molar-refractivity contribution >= 4 is 34.0 Å². The van der Waals surface area contributed by atoms with Crippen LogP contribution in [0.15, 0.2) is 65.8 Å². The van der Waals surface area contributed by atoms with Crippen molar-refractivity contribution in [2.24, 2.45) is 0 Å². The number of ether oxygens (including phenoxy) is 1. The van der Waals surface area contributed by atoms with E-state index >= 15 is 0 Å². The van der Waals surface area contributed by atoms with Crippen LogP contribution in [-0.4, -0.2) is 20.4 Å². The minimum Gasteiger partial charge on any atom is -0.457 e. The minimum absolute atomic E-state index is 0.0473. The number of rotatable bonds is 6. The summed E-state index contributed by atoms with van der Waals surface area (Å²) in [5.74, 6) is 6.44. The lowest BCUT2D eigenvalue weighted by Crippen LogP contribution is -2.16. The smallest absolute Gasteiger partial charge is 0.300 e. The Morgan fingerprint density at radius 1 is 1.09 bits per heavy atom. The van der Waals surface area contributed by atoms with Gasteiger partial charge in [0.15, 0.2) is 0 Å². The molecule has 0 atom stereocenters. The standard InChI is InChI=1S/C27H23N5O3/c1-3-4-25(33)30-19-5-9-23-22(14-19)27(29-16-28-23)31-18-6-10-24(17(2)13-18)35-21-11-12-32(20-7-8-20)26(34)15-21/h5-6,9-16,20H,7-8H2,1-2H3,(H,30,33)(H,28,29,31). The molecule has 174 valence electrons. The lowest BCUT2D eigenvalue weighted by atomic mass is 10.1. The van der Waals surface area contributed by atoms with E-state index in [1.54, 1.807) is 29.8 Å². The summed E-state index contributed by atoms with van der Waals surface area (Å²) in [7, 11) is 0. The first kappa shape index (κ1) is 22.2. The number of nitrogens with zero attached hydrogens (tertiary/aromatic N) is 3. The Morgan fingerprint density at radius 2 is 1.91 bits per heavy atom. The molecule has 1 aliphatic carbocycles. The Balaban J connectivity index is 1.36. The quantitative estimate of drug-likeness (QED) is 0.392. The van der Waals surface area contributed by atoms with Crippen LogP contribution in [0.25, 0.3) is 10.9 Å². The van der Waals surface area contributed by atoms with Gasteiger partial charge < -0.3 is 19.9 Å². The predicted octanol–water partition coefficient (Wildman–Crippen LogP) is 4.93. The maximum atomic E-state index is 12.3. The number of aryl methyl sites for hydroxylation is 1. The molecule has 0 spiro atoms. The molecule has 0 unspecified atom stereocenters. The zero-order valence-electron chi connectivity index (χ0n) is 19.3. The van der Waals surface area contributed by atoms with Gasteiger partial charge in [0.25, 0.3) is 11.5 Å². The zero-order chi connectivity index (χ0) is 24.4. The Labute approximate surface area is 202 Å². The minimum atomic E-state index is -0.380. The van der Waals surface area contributed by atoms with Crippen molar-refractivity contribution in [3.8, 4) is 23.3 Å². The molecular weight excluding hydrogens is 442 g/mol. The number of hydrogen-bond donors (Lipinski definition) is 2. The average Bonchev–Trinajstić information content (AvgIpc) is 3.67. The molecule has 0 bridgehead atoms. The van der Waals surface area contributed by atoms with E-state index in [0.717, 1.165) is 35.0 Å². The Kier molecular flexibility index (Phi) is 5.90. The van der Waals surface area contributed by atoms with E-state index in [9.17, 15) is 9.59 Å². The summed E-state index contributed by atoms with van der Waals surface area (Å²) in [5, 5.41) is 6.82. The van der Waals surface area contributed by atoms with E-state index in [1.807, 2.05) is 37.3 Å². The van der Waals surface area contributed by atoms with Crippen LogP contribution >= 0.6 is 0 Å². The van der Waals surface area contributed by atoms with Gasteiger partial charge in [-0.3, -0.25) is 9.59 Å². The summed E-state index contributed by atoms with van der Waals surface area (Å²) in [6.07, 6.45) is 5.39. The molecule has 5 rings (SSSR count). The van der Waals surface area contributed by atoms with Crippen LogP contribution in [0.2, 0.25) is 0 Å². The van der Waals surface area contributed by atoms with Crippen molar-refractivity contribution in [2.45, 2.75) is 32.7 Å². The van der Waals surface area contributed by atoms with Gasteiger partial charge in [-0.1, -0.05) is 5.92 Å². The highest BCUT2D eigenvalue weighted by Gasteiger charge is 2.24. The summed E-state index contributed by atoms with van der Waals surface area (Å²) in [5.41, 5.74) is 3.00. The average molecular weight is 466 g/mol. The van der Waals surface area contributed by atoms with Crippen molar-refractivity contribution in [3.63, 3.8) is 0 Å². The van der Waals surface area contributed by atoms with Crippen molar-refractivity contribution in [1.82, 2.24) is 14.5 Å². The summed E-state index contributed by atoms with van der Waals surface area (Å²) in [4.78, 5) is 32.8. The van der Waals surface area contributed by atoms with E-state index < -0.39 is 0 Å². The zero-order valence-corrected chi connectivity index (χ0v) is 19.3. The fraction of sp³-hybridized carbons (Fsp3) is 0.185. The first-order valence-corrected chi connectivity index (χ1v) is 11.3. The SMILES string of the molecule is CC#CC(=O)Nc1ccc2ncnc(Nc3ccc(Oc4ccn(C5CC5)c(=O)c4)c(C)c3)c2c1. The highest BCUT2D eigenvalue weighted by molar-refractivity contribution is 6.05. The van der Waals surface area contributed by atoms with Gasteiger partial charge in [-0.05, 0) is 80.6 Å². The number of nitrogens with one attached hydrogen (secondary N) is 2. The Hall–Kier alpha value is -4.64. The van der Waals surface area contributed by atoms with Crippen molar-refractivity contribution < 1.29 is 9.53 Å². The highest BCUT2D eigenvalue weighted by Crippen LogP contribution is 2.34. The molecule has 2 aromatic carbocycles. The molecule has 2 heterocycles. The largest absolute Gasteiger partial charge is 0.457 e. The number of anilines is 3. The third kappa shape index (κ3) is 4.99. The number of hydrogen-bond acceptors (Lipinski definition) is 6. The third-order valence-corrected chi connectivity index (χ3v) is 5.66. The van der Waals surface area contributed by atoms with Crippen LogP contribution in [0, 0.1) is 18.8 Å². The van der Waals surface area contributed by atoms with E-state index in [0.29, 0.717) is 29.0 Å². The summed E-state index contributed by atoms with van der Waals surface area (Å²) < 4.78 is 7.73. The molecule has 4 aromatic rings. The lowest BCUT2D eigenvalue weighted by molar-refractivity contribution is -0.111. The fourth-order valence-electron chi connectivity index (χ4n) is 3.80. The molecule has 2 aromatic heterocycles. The molecule has 1 aliphatic rings. The van der Waals surface area contributed by atoms with Crippen LogP contribution in [0.5, 0.6) is 11.5 Å². The van der Waals surface area contributed by atoms with Crippen molar-refractivity contribution in [3.05, 3.63) is 77.0 Å². The second kappa shape index (κ2) is 9.31. The second-order valence-corrected chi connectivity index (χ2v) is 8.33. The van der Waals surface area contributed by atoms with E-state index in [1.165, 1.54) is 12.4 Å². The van der Waals surface area contributed by atoms with Crippen LogP contribution < -0.4 is 20.9 Å². The summed E-state index contributed by atoms with van der Waals surface area (Å²) in [6.45, 7) is 3.55. The van der Waals surface area contributed by atoms with E-state index in [2.05, 4.69) is 32.4 Å². The van der Waals surface area contributed by atoms with Crippen LogP contribution in [0.4, 0.5) is 17.2 Å². The van der Waals surface area contributed by atoms with Gasteiger partial charge in [-0.25, -0.2) is 9.97 Å². The van der Waals surface area contributed by atoms with Crippen molar-refractivity contribution in [2.75, 3.05) is 10.6 Å². The third-order valence-electron chi connectivity index (χ3n) is 5.66. The first-order valence-electron chi connectivity index (χ1n) is 11.3.